The molecule has 0 amide bonds. The zero-order chi connectivity index (χ0) is 17.4. The van der Waals surface area contributed by atoms with Gasteiger partial charge in [-0.15, -0.1) is 0 Å². The van der Waals surface area contributed by atoms with Crippen LogP contribution in [0.15, 0.2) is 24.4 Å². The van der Waals surface area contributed by atoms with Gasteiger partial charge in [-0.1, -0.05) is 11.6 Å². The van der Waals surface area contributed by atoms with Gasteiger partial charge in [-0.25, -0.2) is 4.98 Å². The maximum atomic E-state index is 8.89. The molecule has 0 N–H and O–H groups in total. The molecule has 0 aliphatic carbocycles. The van der Waals surface area contributed by atoms with Gasteiger partial charge in [-0.3, -0.25) is 9.88 Å². The fourth-order valence-electron chi connectivity index (χ4n) is 4.58. The van der Waals surface area contributed by atoms with Crippen molar-refractivity contribution in [1.82, 2.24) is 14.9 Å². The maximum absolute atomic E-state index is 8.89. The summed E-state index contributed by atoms with van der Waals surface area (Å²) in [6, 6.07) is 9.74. The first-order valence-electron chi connectivity index (χ1n) is 8.94. The lowest BCUT2D eigenvalue weighted by molar-refractivity contribution is 0.129. The van der Waals surface area contributed by atoms with Crippen LogP contribution in [0, 0.1) is 11.3 Å². The van der Waals surface area contributed by atoms with E-state index in [1.807, 2.05) is 12.1 Å². The highest BCUT2D eigenvalue weighted by molar-refractivity contribution is 6.30. The second kappa shape index (κ2) is 6.78. The van der Waals surface area contributed by atoms with E-state index in [4.69, 9.17) is 16.9 Å². The molecule has 0 radical (unpaired) electrons. The molecule has 4 rings (SSSR count). The number of nitriles is 1. The van der Waals surface area contributed by atoms with E-state index in [1.54, 1.807) is 6.20 Å². The molecule has 0 saturated carbocycles. The summed E-state index contributed by atoms with van der Waals surface area (Å²) in [4.78, 5) is 13.9. The molecule has 4 heterocycles. The van der Waals surface area contributed by atoms with Crippen LogP contribution in [0.25, 0.3) is 10.9 Å². The Morgan fingerprint density at radius 1 is 1.36 bits per heavy atom. The quantitative estimate of drug-likeness (QED) is 0.784. The average molecular weight is 356 g/mol. The summed E-state index contributed by atoms with van der Waals surface area (Å²) in [6.45, 7) is 0.907. The topological polar surface area (TPSA) is 56.1 Å². The Hall–Kier alpha value is -1.90. The summed E-state index contributed by atoms with van der Waals surface area (Å²) >= 11 is 6.24. The van der Waals surface area contributed by atoms with Gasteiger partial charge in [0.15, 0.2) is 0 Å². The standard InChI is InChI=1S/C19H22ClN5/c1-24(19-16-4-2-8-22-17(16)12-18(20)23-19)15-10-13-5-6-14(11-15)25(13)9-3-7-21/h2,4,8,12-15H,3,5-6,9-11H2,1H3/t13-,14+,15-. The molecule has 2 fully saturated rings. The minimum Gasteiger partial charge on any atom is -0.356 e. The fraction of sp³-hybridized carbons (Fsp3) is 0.526. The highest BCUT2D eigenvalue weighted by Crippen LogP contribution is 2.39. The van der Waals surface area contributed by atoms with Crippen molar-refractivity contribution in [2.24, 2.45) is 0 Å². The highest BCUT2D eigenvalue weighted by atomic mass is 35.5. The average Bonchev–Trinajstić information content (AvgIpc) is 2.85. The minimum absolute atomic E-state index is 0.449. The summed E-state index contributed by atoms with van der Waals surface area (Å²) in [5.41, 5.74) is 0.888. The van der Waals surface area contributed by atoms with Gasteiger partial charge in [-0.2, -0.15) is 5.26 Å². The predicted molar refractivity (Wildman–Crippen MR) is 99.7 cm³/mol. The minimum atomic E-state index is 0.449. The van der Waals surface area contributed by atoms with E-state index >= 15 is 0 Å². The predicted octanol–water partition coefficient (Wildman–Crippen LogP) is 3.63. The molecule has 25 heavy (non-hydrogen) atoms. The maximum Gasteiger partial charge on any atom is 0.139 e. The molecule has 3 atom stereocenters. The van der Waals surface area contributed by atoms with Crippen LogP contribution >= 0.6 is 11.6 Å². The lowest BCUT2D eigenvalue weighted by atomic mass is 9.95. The molecule has 6 heteroatoms. The zero-order valence-electron chi connectivity index (χ0n) is 14.4. The number of aromatic nitrogens is 2. The van der Waals surface area contributed by atoms with Gasteiger partial charge < -0.3 is 4.90 Å². The number of rotatable bonds is 4. The summed E-state index contributed by atoms with van der Waals surface area (Å²) in [7, 11) is 2.13. The summed E-state index contributed by atoms with van der Waals surface area (Å²) in [5.74, 6) is 0.922. The van der Waals surface area contributed by atoms with E-state index < -0.39 is 0 Å². The number of halogens is 1. The van der Waals surface area contributed by atoms with Crippen LogP contribution in [0.5, 0.6) is 0 Å². The van der Waals surface area contributed by atoms with Crippen molar-refractivity contribution in [2.45, 2.75) is 50.2 Å². The Morgan fingerprint density at radius 3 is 2.84 bits per heavy atom. The molecule has 2 saturated heterocycles. The van der Waals surface area contributed by atoms with Crippen LogP contribution in [0.2, 0.25) is 5.15 Å². The number of hydrogen-bond donors (Lipinski definition) is 0. The third-order valence-electron chi connectivity index (χ3n) is 5.77. The summed E-state index contributed by atoms with van der Waals surface area (Å²) in [6.07, 6.45) is 7.14. The number of hydrogen-bond acceptors (Lipinski definition) is 5. The van der Waals surface area contributed by atoms with Crippen molar-refractivity contribution in [3.63, 3.8) is 0 Å². The van der Waals surface area contributed by atoms with Crippen LogP contribution in [0.4, 0.5) is 5.82 Å². The van der Waals surface area contributed by atoms with E-state index in [-0.39, 0.29) is 0 Å². The Labute approximate surface area is 153 Å². The molecule has 0 aromatic carbocycles. The lowest BCUT2D eigenvalue weighted by Crippen LogP contribution is -2.50. The second-order valence-electron chi connectivity index (χ2n) is 7.11. The van der Waals surface area contributed by atoms with Crippen LogP contribution < -0.4 is 4.90 Å². The van der Waals surface area contributed by atoms with Crippen molar-refractivity contribution >= 4 is 28.3 Å². The second-order valence-corrected chi connectivity index (χ2v) is 7.49. The fourth-order valence-corrected chi connectivity index (χ4v) is 4.76. The number of fused-ring (bicyclic) bond motifs is 3. The van der Waals surface area contributed by atoms with Crippen LogP contribution in [-0.2, 0) is 0 Å². The monoisotopic (exact) mass is 355 g/mol. The summed E-state index contributed by atoms with van der Waals surface area (Å²) < 4.78 is 0. The smallest absolute Gasteiger partial charge is 0.139 e. The summed E-state index contributed by atoms with van der Waals surface area (Å²) in [5, 5.41) is 10.4. The van der Waals surface area contributed by atoms with Gasteiger partial charge in [0.25, 0.3) is 0 Å². The molecule has 0 unspecified atom stereocenters. The normalized spacial score (nSPS) is 25.9. The Balaban J connectivity index is 1.59. The van der Waals surface area contributed by atoms with Crippen molar-refractivity contribution < 1.29 is 0 Å². The van der Waals surface area contributed by atoms with E-state index in [9.17, 15) is 0 Å². The number of piperidine rings is 1. The van der Waals surface area contributed by atoms with Gasteiger partial charge in [-0.05, 0) is 37.8 Å². The van der Waals surface area contributed by atoms with Gasteiger partial charge in [0.1, 0.15) is 11.0 Å². The van der Waals surface area contributed by atoms with E-state index in [0.29, 0.717) is 29.7 Å². The first-order chi connectivity index (χ1) is 12.2. The van der Waals surface area contributed by atoms with Gasteiger partial charge >= 0.3 is 0 Å². The zero-order valence-corrected chi connectivity index (χ0v) is 15.2. The molecule has 130 valence electrons. The first-order valence-corrected chi connectivity index (χ1v) is 9.32. The number of anilines is 1. The molecule has 5 nitrogen and oxygen atoms in total. The molecule has 2 aromatic heterocycles. The van der Waals surface area contributed by atoms with Crippen molar-refractivity contribution in [3.05, 3.63) is 29.5 Å². The van der Waals surface area contributed by atoms with E-state index in [2.05, 4.69) is 39.0 Å². The van der Waals surface area contributed by atoms with Gasteiger partial charge in [0, 0.05) is 55.8 Å². The third kappa shape index (κ3) is 3.05. The Morgan fingerprint density at radius 2 is 2.12 bits per heavy atom. The van der Waals surface area contributed by atoms with Crippen LogP contribution in [-0.4, -0.2) is 46.6 Å². The number of pyridine rings is 2. The number of nitrogens with zero attached hydrogens (tertiary/aromatic N) is 5. The molecule has 2 aliphatic rings. The molecule has 2 bridgehead atoms. The van der Waals surface area contributed by atoms with Crippen molar-refractivity contribution in [1.29, 1.82) is 5.26 Å². The van der Waals surface area contributed by atoms with Gasteiger partial charge in [0.05, 0.1) is 11.6 Å². The van der Waals surface area contributed by atoms with E-state index in [0.717, 1.165) is 36.1 Å². The SMILES string of the molecule is CN(c1nc(Cl)cc2ncccc12)[C@@H]1C[C@H]2CC[C@@H](C1)N2CCC#N. The highest BCUT2D eigenvalue weighted by Gasteiger charge is 2.41. The molecule has 2 aliphatic heterocycles. The largest absolute Gasteiger partial charge is 0.356 e. The van der Waals surface area contributed by atoms with Crippen molar-refractivity contribution in [2.75, 3.05) is 18.5 Å². The molecule has 0 spiro atoms. The van der Waals surface area contributed by atoms with Gasteiger partial charge in [0.2, 0.25) is 0 Å². The molecular weight excluding hydrogens is 334 g/mol. The lowest BCUT2D eigenvalue weighted by Gasteiger charge is -2.42. The molecular formula is C19H22ClN5. The van der Waals surface area contributed by atoms with Crippen LogP contribution in [0.3, 0.4) is 0 Å². The molecule has 2 aromatic rings. The van der Waals surface area contributed by atoms with E-state index in [1.165, 1.54) is 12.8 Å². The van der Waals surface area contributed by atoms with Crippen LogP contribution in [0.1, 0.15) is 32.1 Å². The Kier molecular flexibility index (Phi) is 4.49. The van der Waals surface area contributed by atoms with Crippen molar-refractivity contribution in [3.8, 4) is 6.07 Å². The third-order valence-corrected chi connectivity index (χ3v) is 5.96. The Bertz CT molecular complexity index is 803. The first kappa shape index (κ1) is 16.6.